The molecule has 0 radical (unpaired) electrons. The zero-order chi connectivity index (χ0) is 48.5. The van der Waals surface area contributed by atoms with Gasteiger partial charge in [-0.2, -0.15) is 0 Å². The molecule has 10 aromatic rings. The first-order chi connectivity index (χ1) is 34.5. The predicted octanol–water partition coefficient (Wildman–Crippen LogP) is 18.9. The highest BCUT2D eigenvalue weighted by Gasteiger charge is 2.52. The molecule has 2 heteroatoms. The number of anilines is 3. The Morgan fingerprint density at radius 3 is 1.34 bits per heavy atom. The minimum absolute atomic E-state index is 0.0567. The summed E-state index contributed by atoms with van der Waals surface area (Å²) in [5, 5.41) is 0. The van der Waals surface area contributed by atoms with Crippen molar-refractivity contribution in [2.24, 2.45) is 0 Å². The number of rotatable bonds is 7. The van der Waals surface area contributed by atoms with Crippen molar-refractivity contribution in [1.29, 1.82) is 0 Å². The molecule has 0 saturated heterocycles. The van der Waals surface area contributed by atoms with Crippen molar-refractivity contribution in [3.8, 4) is 67.1 Å². The maximum absolute atomic E-state index is 7.41. The first kappa shape index (κ1) is 44.0. The molecule has 0 N–H and O–H groups in total. The summed E-state index contributed by atoms with van der Waals surface area (Å²) in [5.41, 5.74) is 21.7. The number of nitrogens with zero attached hydrogens (tertiary/aromatic N) is 1. The van der Waals surface area contributed by atoms with Crippen LogP contribution in [0, 0.1) is 0 Å². The Morgan fingerprint density at radius 2 is 0.761 bits per heavy atom. The van der Waals surface area contributed by atoms with Gasteiger partial charge in [0.25, 0.3) is 0 Å². The van der Waals surface area contributed by atoms with Crippen LogP contribution in [0.4, 0.5) is 17.1 Å². The van der Waals surface area contributed by atoms with E-state index in [-0.39, 0.29) is 10.8 Å². The number of para-hydroxylation sites is 4. The fourth-order valence-electron chi connectivity index (χ4n) is 11.2. The third kappa shape index (κ3) is 7.40. The van der Waals surface area contributed by atoms with E-state index in [0.29, 0.717) is 0 Å². The molecule has 0 unspecified atom stereocenters. The van der Waals surface area contributed by atoms with Crippen LogP contribution in [0.5, 0.6) is 11.5 Å². The number of hydrogen-bond acceptors (Lipinski definition) is 2. The summed E-state index contributed by atoms with van der Waals surface area (Å²) < 4.78 is 7.41. The SMILES string of the molecule is CC(C)(C)c1ccc2c(c1)C1(c3ccccc3Oc3c(-c4ccccc4N(c4ccc(-c5ccccc5)cc4)c4ccccc4-c4ccc(-c5ccccc5)cc4)cccc31)c1cc(C(C)(C)C)ccc1-2. The standard InChI is InChI=1S/C69H57NO/c1-67(2,3)51-38-42-55-56-43-39-52(68(4,5)6)45-62(56)69(61(55)44-51)59-27-15-18-31-65(59)71-66-58(26-19-28-60(66)69)57-25-14-17-30-64(57)70(53-40-36-49(37-41-53)47-22-11-8-12-23-47)63-29-16-13-24-54(63)50-34-32-48(33-35-50)46-20-9-7-10-21-46/h7-45H,1-6H3. The van der Waals surface area contributed by atoms with Crippen molar-refractivity contribution in [2.45, 2.75) is 57.8 Å². The molecule has 10 aromatic carbocycles. The Morgan fingerprint density at radius 1 is 0.324 bits per heavy atom. The van der Waals surface area contributed by atoms with Gasteiger partial charge in [0.1, 0.15) is 11.5 Å². The van der Waals surface area contributed by atoms with E-state index in [1.54, 1.807) is 0 Å². The molecule has 1 aliphatic heterocycles. The molecule has 0 fully saturated rings. The van der Waals surface area contributed by atoms with E-state index in [2.05, 4.69) is 283 Å². The van der Waals surface area contributed by atoms with Gasteiger partial charge in [0.15, 0.2) is 0 Å². The van der Waals surface area contributed by atoms with Crippen LogP contribution in [0.1, 0.15) is 74.9 Å². The third-order valence-corrected chi connectivity index (χ3v) is 14.9. The second-order valence-electron chi connectivity index (χ2n) is 21.3. The highest BCUT2D eigenvalue weighted by molar-refractivity contribution is 5.97. The average molecular weight is 916 g/mol. The third-order valence-electron chi connectivity index (χ3n) is 14.9. The Labute approximate surface area is 419 Å². The number of hydrogen-bond donors (Lipinski definition) is 0. The lowest BCUT2D eigenvalue weighted by Crippen LogP contribution is -2.33. The molecular weight excluding hydrogens is 859 g/mol. The summed E-state index contributed by atoms with van der Waals surface area (Å²) in [6.07, 6.45) is 0. The molecule has 0 atom stereocenters. The van der Waals surface area contributed by atoms with Gasteiger partial charge in [-0.05, 0) is 102 Å². The largest absolute Gasteiger partial charge is 0.456 e. The molecule has 2 nitrogen and oxygen atoms in total. The molecule has 0 aromatic heterocycles. The van der Waals surface area contributed by atoms with Gasteiger partial charge in [0.05, 0.1) is 16.8 Å². The van der Waals surface area contributed by atoms with Crippen LogP contribution in [-0.4, -0.2) is 0 Å². The highest BCUT2D eigenvalue weighted by Crippen LogP contribution is 2.64. The van der Waals surface area contributed by atoms with Crippen molar-refractivity contribution in [3.63, 3.8) is 0 Å². The van der Waals surface area contributed by atoms with Crippen LogP contribution in [-0.2, 0) is 16.2 Å². The molecule has 1 spiro atoms. The number of benzene rings is 10. The summed E-state index contributed by atoms with van der Waals surface area (Å²) in [5.74, 6) is 1.76. The summed E-state index contributed by atoms with van der Waals surface area (Å²) in [6, 6.07) is 87.0. The van der Waals surface area contributed by atoms with Crippen molar-refractivity contribution in [3.05, 3.63) is 270 Å². The van der Waals surface area contributed by atoms with E-state index in [1.807, 2.05) is 0 Å². The van der Waals surface area contributed by atoms with Gasteiger partial charge in [-0.15, -0.1) is 0 Å². The van der Waals surface area contributed by atoms with Crippen LogP contribution in [0.2, 0.25) is 0 Å². The van der Waals surface area contributed by atoms with Crippen LogP contribution >= 0.6 is 0 Å². The van der Waals surface area contributed by atoms with Crippen LogP contribution < -0.4 is 9.64 Å². The first-order valence-electron chi connectivity index (χ1n) is 25.0. The van der Waals surface area contributed by atoms with E-state index in [9.17, 15) is 0 Å². The molecule has 71 heavy (non-hydrogen) atoms. The lowest BCUT2D eigenvalue weighted by Gasteiger charge is -2.41. The van der Waals surface area contributed by atoms with Gasteiger partial charge in [0.2, 0.25) is 0 Å². The van der Waals surface area contributed by atoms with E-state index in [4.69, 9.17) is 4.74 Å². The van der Waals surface area contributed by atoms with Gasteiger partial charge in [-0.3, -0.25) is 0 Å². The fraction of sp³-hybridized carbons (Fsp3) is 0.130. The summed E-state index contributed by atoms with van der Waals surface area (Å²) >= 11 is 0. The van der Waals surface area contributed by atoms with Crippen molar-refractivity contribution in [1.82, 2.24) is 0 Å². The molecular formula is C69H57NO. The topological polar surface area (TPSA) is 12.5 Å². The Hall–Kier alpha value is -8.20. The Balaban J connectivity index is 1.10. The fourth-order valence-corrected chi connectivity index (χ4v) is 11.2. The smallest absolute Gasteiger partial charge is 0.140 e. The second-order valence-corrected chi connectivity index (χ2v) is 21.3. The molecule has 0 saturated carbocycles. The average Bonchev–Trinajstić information content (AvgIpc) is 3.69. The van der Waals surface area contributed by atoms with E-state index >= 15 is 0 Å². The van der Waals surface area contributed by atoms with Crippen molar-refractivity contribution >= 4 is 17.1 Å². The van der Waals surface area contributed by atoms with Gasteiger partial charge in [0, 0.05) is 33.5 Å². The normalized spacial score (nSPS) is 13.2. The number of fused-ring (bicyclic) bond motifs is 9. The van der Waals surface area contributed by atoms with Gasteiger partial charge < -0.3 is 9.64 Å². The maximum Gasteiger partial charge on any atom is 0.140 e. The van der Waals surface area contributed by atoms with E-state index in [0.717, 1.165) is 56.4 Å². The molecule has 0 amide bonds. The Bertz CT molecular complexity index is 3550. The molecule has 0 bridgehead atoms. The predicted molar refractivity (Wildman–Crippen MR) is 298 cm³/mol. The van der Waals surface area contributed by atoms with Crippen molar-refractivity contribution in [2.75, 3.05) is 4.90 Å². The molecule has 12 rings (SSSR count). The minimum atomic E-state index is -0.645. The second kappa shape index (κ2) is 17.0. The van der Waals surface area contributed by atoms with Crippen LogP contribution in [0.25, 0.3) is 55.6 Å². The van der Waals surface area contributed by atoms with Gasteiger partial charge in [-0.1, -0.05) is 248 Å². The van der Waals surface area contributed by atoms with E-state index < -0.39 is 5.41 Å². The minimum Gasteiger partial charge on any atom is -0.456 e. The quantitative estimate of drug-likeness (QED) is 0.158. The summed E-state index contributed by atoms with van der Waals surface area (Å²) in [7, 11) is 0. The Kier molecular flexibility index (Phi) is 10.6. The molecule has 344 valence electrons. The lowest BCUT2D eigenvalue weighted by molar-refractivity contribution is 0.437. The monoisotopic (exact) mass is 915 g/mol. The van der Waals surface area contributed by atoms with Crippen LogP contribution in [0.3, 0.4) is 0 Å². The van der Waals surface area contributed by atoms with Gasteiger partial charge in [-0.25, -0.2) is 0 Å². The zero-order valence-corrected chi connectivity index (χ0v) is 41.4. The molecule has 1 aliphatic carbocycles. The van der Waals surface area contributed by atoms with E-state index in [1.165, 1.54) is 61.2 Å². The maximum atomic E-state index is 7.41. The number of ether oxygens (including phenoxy) is 1. The highest BCUT2D eigenvalue weighted by atomic mass is 16.5. The lowest BCUT2D eigenvalue weighted by atomic mass is 9.64. The zero-order valence-electron chi connectivity index (χ0n) is 41.4. The van der Waals surface area contributed by atoms with Crippen molar-refractivity contribution < 1.29 is 4.74 Å². The summed E-state index contributed by atoms with van der Waals surface area (Å²) in [6.45, 7) is 13.9. The first-order valence-corrected chi connectivity index (χ1v) is 25.0. The molecule has 1 heterocycles. The van der Waals surface area contributed by atoms with Crippen LogP contribution in [0.15, 0.2) is 237 Å². The summed E-state index contributed by atoms with van der Waals surface area (Å²) in [4.78, 5) is 2.45. The van der Waals surface area contributed by atoms with Gasteiger partial charge >= 0.3 is 0 Å². The molecule has 2 aliphatic rings.